The lowest BCUT2D eigenvalue weighted by Crippen LogP contribution is -2.30. The van der Waals surface area contributed by atoms with E-state index in [1.54, 1.807) is 0 Å². The van der Waals surface area contributed by atoms with E-state index in [-0.39, 0.29) is 25.7 Å². The Balaban J connectivity index is 5.28. The third-order valence-corrected chi connectivity index (χ3v) is 20.7. The normalized spacial score (nSPS) is 14.2. The van der Waals surface area contributed by atoms with E-state index in [1.165, 1.54) is 231 Å². The number of carbonyl (C=O) groups is 4. The number of hydrogen-bond donors (Lipinski definition) is 3. The van der Waals surface area contributed by atoms with Gasteiger partial charge < -0.3 is 33.8 Å². The molecular formula is C79H154O17P2. The molecule has 0 spiro atoms. The molecule has 6 atom stereocenters. The van der Waals surface area contributed by atoms with E-state index >= 15 is 0 Å². The highest BCUT2D eigenvalue weighted by Crippen LogP contribution is 2.45. The Kier molecular flexibility index (Phi) is 69.3. The maximum Gasteiger partial charge on any atom is 0.472 e. The van der Waals surface area contributed by atoms with Crippen LogP contribution in [0.1, 0.15) is 414 Å². The summed E-state index contributed by atoms with van der Waals surface area (Å²) in [6.45, 7) is 9.67. The fourth-order valence-electron chi connectivity index (χ4n) is 12.2. The molecule has 19 heteroatoms. The molecule has 0 bridgehead atoms. The van der Waals surface area contributed by atoms with Crippen molar-refractivity contribution in [3.63, 3.8) is 0 Å². The number of aliphatic hydroxyl groups excluding tert-OH is 1. The lowest BCUT2D eigenvalue weighted by Gasteiger charge is -2.21. The summed E-state index contributed by atoms with van der Waals surface area (Å²) < 4.78 is 68.7. The number of hydrogen-bond acceptors (Lipinski definition) is 15. The van der Waals surface area contributed by atoms with E-state index in [9.17, 15) is 43.2 Å². The third-order valence-electron chi connectivity index (χ3n) is 18.8. The van der Waals surface area contributed by atoms with Gasteiger partial charge in [0.05, 0.1) is 26.4 Å². The molecule has 0 aromatic heterocycles. The Morgan fingerprint density at radius 2 is 0.520 bits per heavy atom. The molecule has 98 heavy (non-hydrogen) atoms. The van der Waals surface area contributed by atoms with Gasteiger partial charge in [0, 0.05) is 25.7 Å². The van der Waals surface area contributed by atoms with E-state index in [0.717, 1.165) is 102 Å². The predicted octanol–water partition coefficient (Wildman–Crippen LogP) is 23.5. The highest BCUT2D eigenvalue weighted by Gasteiger charge is 2.30. The van der Waals surface area contributed by atoms with E-state index < -0.39 is 97.5 Å². The maximum absolute atomic E-state index is 13.1. The van der Waals surface area contributed by atoms with Crippen LogP contribution in [0.15, 0.2) is 0 Å². The molecule has 0 amide bonds. The van der Waals surface area contributed by atoms with Gasteiger partial charge in [-0.25, -0.2) is 9.13 Å². The van der Waals surface area contributed by atoms with Crippen LogP contribution in [0, 0.1) is 11.8 Å². The van der Waals surface area contributed by atoms with Crippen molar-refractivity contribution in [2.75, 3.05) is 39.6 Å². The molecule has 0 saturated heterocycles. The second-order valence-corrected chi connectivity index (χ2v) is 32.1. The minimum Gasteiger partial charge on any atom is -0.462 e. The van der Waals surface area contributed by atoms with Crippen molar-refractivity contribution in [1.29, 1.82) is 0 Å². The fourth-order valence-corrected chi connectivity index (χ4v) is 13.7. The van der Waals surface area contributed by atoms with Crippen LogP contribution in [0.5, 0.6) is 0 Å². The van der Waals surface area contributed by atoms with Gasteiger partial charge in [-0.2, -0.15) is 0 Å². The summed E-state index contributed by atoms with van der Waals surface area (Å²) in [6.07, 6.45) is 59.4. The zero-order valence-corrected chi connectivity index (χ0v) is 65.9. The summed E-state index contributed by atoms with van der Waals surface area (Å²) in [4.78, 5) is 73.0. The third kappa shape index (κ3) is 71.1. The molecule has 0 saturated carbocycles. The Labute approximate surface area is 600 Å². The number of rotatable bonds is 78. The largest absolute Gasteiger partial charge is 0.472 e. The van der Waals surface area contributed by atoms with Crippen molar-refractivity contribution < 1.29 is 80.2 Å². The Morgan fingerprint density at radius 1 is 0.296 bits per heavy atom. The number of ether oxygens (including phenoxy) is 4. The number of aliphatic hydroxyl groups is 1. The van der Waals surface area contributed by atoms with Crippen LogP contribution in [-0.4, -0.2) is 96.7 Å². The molecule has 0 fully saturated rings. The standard InChI is InChI=1S/C79H154O17P2/c1-7-10-12-14-16-18-20-22-23-27-31-38-44-50-56-62-77(82)90-67-74(95-78(83)63-57-51-45-39-32-28-24-26-29-35-41-47-53-59-71(4)5)69-93-97(85,86)91-65-73(80)66-92-98(87,88)94-70-75(68-89-76(81)61-55-49-43-37-30-25-21-19-17-15-13-11-8-2)96-79(84)64-58-52-46-40-34-33-36-42-48-54-60-72(6)9-3/h71-75,80H,7-70H2,1-6H3,(H,85,86)(H,87,88)/t72?,73-,74-,75-/m1/s1. The van der Waals surface area contributed by atoms with Gasteiger partial charge in [-0.1, -0.05) is 363 Å². The zero-order valence-electron chi connectivity index (χ0n) is 64.1. The Bertz CT molecular complexity index is 1890. The van der Waals surface area contributed by atoms with Crippen molar-refractivity contribution in [3.8, 4) is 0 Å². The van der Waals surface area contributed by atoms with Gasteiger partial charge in [-0.15, -0.1) is 0 Å². The summed E-state index contributed by atoms with van der Waals surface area (Å²) in [7, 11) is -9.92. The molecule has 0 heterocycles. The van der Waals surface area contributed by atoms with E-state index in [0.29, 0.717) is 25.7 Å². The second-order valence-electron chi connectivity index (χ2n) is 29.2. The molecule has 0 rings (SSSR count). The van der Waals surface area contributed by atoms with Gasteiger partial charge in [0.2, 0.25) is 0 Å². The lowest BCUT2D eigenvalue weighted by molar-refractivity contribution is -0.161. The van der Waals surface area contributed by atoms with Crippen molar-refractivity contribution in [2.24, 2.45) is 11.8 Å². The van der Waals surface area contributed by atoms with Gasteiger partial charge in [-0.05, 0) is 37.5 Å². The molecule has 0 aliphatic rings. The van der Waals surface area contributed by atoms with Gasteiger partial charge >= 0.3 is 39.5 Å². The highest BCUT2D eigenvalue weighted by molar-refractivity contribution is 7.47. The molecule has 582 valence electrons. The van der Waals surface area contributed by atoms with Crippen LogP contribution in [-0.2, 0) is 65.4 Å². The van der Waals surface area contributed by atoms with Gasteiger partial charge in [0.1, 0.15) is 19.3 Å². The van der Waals surface area contributed by atoms with Gasteiger partial charge in [0.15, 0.2) is 12.2 Å². The number of carbonyl (C=O) groups excluding carboxylic acids is 4. The smallest absolute Gasteiger partial charge is 0.462 e. The number of unbranched alkanes of at least 4 members (excludes halogenated alkanes) is 47. The summed E-state index contributed by atoms with van der Waals surface area (Å²) in [6, 6.07) is 0. The zero-order chi connectivity index (χ0) is 72.1. The first-order valence-electron chi connectivity index (χ1n) is 41.0. The molecular weight excluding hydrogens is 1280 g/mol. The lowest BCUT2D eigenvalue weighted by atomic mass is 9.99. The summed E-state index contributed by atoms with van der Waals surface area (Å²) in [5.41, 5.74) is 0. The molecule has 0 aromatic carbocycles. The first-order chi connectivity index (χ1) is 47.4. The van der Waals surface area contributed by atoms with Crippen LogP contribution in [0.2, 0.25) is 0 Å². The number of esters is 4. The van der Waals surface area contributed by atoms with E-state index in [4.69, 9.17) is 37.0 Å². The number of phosphoric acid groups is 2. The molecule has 0 aliphatic carbocycles. The number of phosphoric ester groups is 2. The monoisotopic (exact) mass is 1440 g/mol. The Morgan fingerprint density at radius 3 is 0.776 bits per heavy atom. The quantitative estimate of drug-likeness (QED) is 0.0222. The topological polar surface area (TPSA) is 237 Å². The first kappa shape index (κ1) is 96.1. The van der Waals surface area contributed by atoms with Crippen molar-refractivity contribution in [2.45, 2.75) is 432 Å². The molecule has 3 unspecified atom stereocenters. The van der Waals surface area contributed by atoms with Crippen LogP contribution in [0.25, 0.3) is 0 Å². The minimum atomic E-state index is -4.96. The molecule has 0 radical (unpaired) electrons. The van der Waals surface area contributed by atoms with Crippen LogP contribution >= 0.6 is 15.6 Å². The molecule has 17 nitrogen and oxygen atoms in total. The van der Waals surface area contributed by atoms with Crippen molar-refractivity contribution in [1.82, 2.24) is 0 Å². The van der Waals surface area contributed by atoms with Crippen molar-refractivity contribution >= 4 is 39.5 Å². The van der Waals surface area contributed by atoms with E-state index in [2.05, 4.69) is 41.5 Å². The molecule has 0 aromatic rings. The summed E-state index contributed by atoms with van der Waals surface area (Å²) in [5.74, 6) is -0.519. The molecule has 0 aliphatic heterocycles. The van der Waals surface area contributed by atoms with Crippen molar-refractivity contribution in [3.05, 3.63) is 0 Å². The van der Waals surface area contributed by atoms with E-state index in [1.807, 2.05) is 0 Å². The maximum atomic E-state index is 13.1. The average molecular weight is 1440 g/mol. The first-order valence-corrected chi connectivity index (χ1v) is 44.0. The van der Waals surface area contributed by atoms with Gasteiger partial charge in [-0.3, -0.25) is 37.3 Å². The minimum absolute atomic E-state index is 0.107. The average Bonchev–Trinajstić information content (AvgIpc) is 0.953. The molecule has 3 N–H and O–H groups in total. The highest BCUT2D eigenvalue weighted by atomic mass is 31.2. The fraction of sp³-hybridized carbons (Fsp3) is 0.949. The summed E-state index contributed by atoms with van der Waals surface area (Å²) in [5, 5.41) is 10.6. The predicted molar refractivity (Wildman–Crippen MR) is 400 cm³/mol. The van der Waals surface area contributed by atoms with Crippen LogP contribution in [0.4, 0.5) is 0 Å². The van der Waals surface area contributed by atoms with Crippen LogP contribution < -0.4 is 0 Å². The second kappa shape index (κ2) is 70.7. The van der Waals surface area contributed by atoms with Gasteiger partial charge in [0.25, 0.3) is 0 Å². The Hall–Kier alpha value is -1.94. The summed E-state index contributed by atoms with van der Waals surface area (Å²) >= 11 is 0. The SMILES string of the molecule is CCCCCCCCCCCCCCCCCC(=O)OC[C@H](COP(=O)(O)OC[C@@H](O)COP(=O)(O)OC[C@@H](COC(=O)CCCCCCCCCCCCCCC)OC(=O)CCCCCCCCCCCCC(C)CC)OC(=O)CCCCCCCCCCCCCCCC(C)C. The van der Waals surface area contributed by atoms with Crippen LogP contribution in [0.3, 0.4) is 0 Å².